The number of nitrogens with zero attached hydrogens (tertiary/aromatic N) is 4. The van der Waals surface area contributed by atoms with Gasteiger partial charge in [-0.25, -0.2) is 17.8 Å². The fourth-order valence-corrected chi connectivity index (χ4v) is 6.51. The van der Waals surface area contributed by atoms with E-state index < -0.39 is 10.0 Å². The normalized spacial score (nSPS) is 19.5. The SMILES string of the molecule is C[C@H]1C[C@H](Cn2ccc3nc(-c4cn[nH]c4)ccc32)CN1S(=O)(=O)CCc1ccc(F)cc1. The Hall–Kier alpha value is -3.04. The molecule has 1 aliphatic rings. The average Bonchev–Trinajstić information content (AvgIpc) is 3.54. The predicted octanol–water partition coefficient (Wildman–Crippen LogP) is 3.85. The van der Waals surface area contributed by atoms with Gasteiger partial charge in [-0.05, 0) is 61.6 Å². The molecule has 0 bridgehead atoms. The van der Waals surface area contributed by atoms with E-state index in [0.717, 1.165) is 40.8 Å². The molecule has 0 aliphatic carbocycles. The zero-order chi connectivity index (χ0) is 23.0. The first-order valence-electron chi connectivity index (χ1n) is 11.1. The van der Waals surface area contributed by atoms with E-state index in [9.17, 15) is 12.8 Å². The van der Waals surface area contributed by atoms with Crippen LogP contribution in [0.25, 0.3) is 22.3 Å². The summed E-state index contributed by atoms with van der Waals surface area (Å²) < 4.78 is 42.9. The summed E-state index contributed by atoms with van der Waals surface area (Å²) in [7, 11) is -3.39. The highest BCUT2D eigenvalue weighted by Crippen LogP contribution is 2.29. The Morgan fingerprint density at radius 1 is 1.15 bits per heavy atom. The summed E-state index contributed by atoms with van der Waals surface area (Å²) in [4.78, 5) is 4.73. The Bertz CT molecular complexity index is 1350. The van der Waals surface area contributed by atoms with Crippen molar-refractivity contribution in [2.75, 3.05) is 12.3 Å². The number of rotatable bonds is 7. The van der Waals surface area contributed by atoms with E-state index in [4.69, 9.17) is 4.98 Å². The Balaban J connectivity index is 1.26. The molecule has 2 atom stereocenters. The molecule has 7 nitrogen and oxygen atoms in total. The number of hydrogen-bond acceptors (Lipinski definition) is 4. The van der Waals surface area contributed by atoms with Crippen LogP contribution in [0.15, 0.2) is 61.1 Å². The maximum Gasteiger partial charge on any atom is 0.214 e. The van der Waals surface area contributed by atoms with Crippen LogP contribution in [0.2, 0.25) is 0 Å². The van der Waals surface area contributed by atoms with Gasteiger partial charge in [0.25, 0.3) is 0 Å². The van der Waals surface area contributed by atoms with Crippen molar-refractivity contribution >= 4 is 21.1 Å². The number of aromatic amines is 1. The average molecular weight is 468 g/mol. The van der Waals surface area contributed by atoms with Gasteiger partial charge in [-0.3, -0.25) is 5.10 Å². The Kier molecular flexibility index (Phi) is 5.76. The highest BCUT2D eigenvalue weighted by Gasteiger charge is 2.36. The molecule has 1 fully saturated rings. The molecular weight excluding hydrogens is 441 g/mol. The van der Waals surface area contributed by atoms with Gasteiger partial charge >= 0.3 is 0 Å². The Morgan fingerprint density at radius 3 is 2.73 bits per heavy atom. The van der Waals surface area contributed by atoms with Gasteiger partial charge in [-0.1, -0.05) is 12.1 Å². The highest BCUT2D eigenvalue weighted by atomic mass is 32.2. The van der Waals surface area contributed by atoms with Gasteiger partial charge in [-0.15, -0.1) is 0 Å². The molecule has 9 heteroatoms. The first kappa shape index (κ1) is 21.8. The van der Waals surface area contributed by atoms with Crippen LogP contribution in [0.4, 0.5) is 4.39 Å². The number of sulfonamides is 1. The number of nitrogens with one attached hydrogen (secondary N) is 1. The van der Waals surface area contributed by atoms with Gasteiger partial charge in [0.2, 0.25) is 10.0 Å². The third-order valence-corrected chi connectivity index (χ3v) is 8.34. The summed E-state index contributed by atoms with van der Waals surface area (Å²) in [5, 5.41) is 6.79. The molecule has 1 N–H and O–H groups in total. The maximum atomic E-state index is 13.1. The molecule has 172 valence electrons. The molecule has 0 saturated carbocycles. The van der Waals surface area contributed by atoms with Crippen LogP contribution in [0.5, 0.6) is 0 Å². The van der Waals surface area contributed by atoms with Crippen LogP contribution in [0.3, 0.4) is 0 Å². The molecule has 4 heterocycles. The van der Waals surface area contributed by atoms with Crippen molar-refractivity contribution in [1.29, 1.82) is 0 Å². The van der Waals surface area contributed by atoms with E-state index in [2.05, 4.69) is 20.8 Å². The van der Waals surface area contributed by atoms with Gasteiger partial charge in [0, 0.05) is 37.1 Å². The zero-order valence-electron chi connectivity index (χ0n) is 18.4. The second kappa shape index (κ2) is 8.72. The highest BCUT2D eigenvalue weighted by molar-refractivity contribution is 7.89. The van der Waals surface area contributed by atoms with Crippen LogP contribution in [-0.2, 0) is 23.0 Å². The fourth-order valence-electron chi connectivity index (χ4n) is 4.71. The largest absolute Gasteiger partial charge is 0.346 e. The van der Waals surface area contributed by atoms with Gasteiger partial charge in [0.05, 0.1) is 28.7 Å². The van der Waals surface area contributed by atoms with Crippen molar-refractivity contribution in [3.05, 3.63) is 72.4 Å². The summed E-state index contributed by atoms with van der Waals surface area (Å²) in [5.41, 5.74) is 4.57. The van der Waals surface area contributed by atoms with Gasteiger partial charge in [0.15, 0.2) is 0 Å². The molecule has 0 amide bonds. The molecule has 0 unspecified atom stereocenters. The summed E-state index contributed by atoms with van der Waals surface area (Å²) in [6, 6.07) is 12.0. The number of hydrogen-bond donors (Lipinski definition) is 1. The van der Waals surface area contributed by atoms with Crippen LogP contribution in [0, 0.1) is 11.7 Å². The molecule has 4 aromatic rings. The summed E-state index contributed by atoms with van der Waals surface area (Å²) in [5.74, 6) is -0.0594. The molecular formula is C24H26FN5O2S. The summed E-state index contributed by atoms with van der Waals surface area (Å²) >= 11 is 0. The third kappa shape index (κ3) is 4.56. The van der Waals surface area contributed by atoms with E-state index in [-0.39, 0.29) is 23.5 Å². The number of H-pyrrole nitrogens is 1. The Labute approximate surface area is 192 Å². The monoisotopic (exact) mass is 467 g/mol. The van der Waals surface area contributed by atoms with Crippen molar-refractivity contribution in [2.45, 2.75) is 32.4 Å². The molecule has 0 spiro atoms. The van der Waals surface area contributed by atoms with Gasteiger partial charge < -0.3 is 4.57 Å². The number of aryl methyl sites for hydroxylation is 1. The van der Waals surface area contributed by atoms with E-state index in [1.165, 1.54) is 12.1 Å². The van der Waals surface area contributed by atoms with Gasteiger partial charge in [0.1, 0.15) is 5.82 Å². The van der Waals surface area contributed by atoms with Crippen molar-refractivity contribution in [1.82, 2.24) is 24.1 Å². The lowest BCUT2D eigenvalue weighted by atomic mass is 10.1. The number of pyridine rings is 1. The first-order chi connectivity index (χ1) is 15.9. The minimum atomic E-state index is -3.39. The second-order valence-electron chi connectivity index (χ2n) is 8.77. The molecule has 1 aromatic carbocycles. The molecule has 5 rings (SSSR count). The molecule has 3 aromatic heterocycles. The van der Waals surface area contributed by atoms with Crippen molar-refractivity contribution in [3.63, 3.8) is 0 Å². The number of fused-ring (bicyclic) bond motifs is 1. The van der Waals surface area contributed by atoms with Crippen molar-refractivity contribution in [3.8, 4) is 11.3 Å². The lowest BCUT2D eigenvalue weighted by molar-refractivity contribution is 0.399. The van der Waals surface area contributed by atoms with Crippen molar-refractivity contribution in [2.24, 2.45) is 5.92 Å². The van der Waals surface area contributed by atoms with E-state index >= 15 is 0 Å². The Morgan fingerprint density at radius 2 is 1.97 bits per heavy atom. The summed E-state index contributed by atoms with van der Waals surface area (Å²) in [6.45, 7) is 3.22. The standard InChI is InChI=1S/C24H26FN5O2S/c1-17-12-19(16-30(17)33(31,32)11-9-18-2-4-21(25)5-3-18)15-29-10-8-23-24(29)7-6-22(28-23)20-13-26-27-14-20/h2-8,10,13-14,17,19H,9,11-12,15-16H2,1H3,(H,26,27)/t17-,19+/m0/s1. The third-order valence-electron chi connectivity index (χ3n) is 6.40. The number of benzene rings is 1. The van der Waals surface area contributed by atoms with Crippen LogP contribution in [0.1, 0.15) is 18.9 Å². The first-order valence-corrected chi connectivity index (χ1v) is 12.7. The fraction of sp³-hybridized carbons (Fsp3) is 0.333. The van der Waals surface area contributed by atoms with E-state index in [1.54, 1.807) is 22.6 Å². The van der Waals surface area contributed by atoms with E-state index in [1.807, 2.05) is 31.5 Å². The lowest BCUT2D eigenvalue weighted by Gasteiger charge is -2.21. The molecule has 1 aliphatic heterocycles. The van der Waals surface area contributed by atoms with Crippen LogP contribution < -0.4 is 0 Å². The van der Waals surface area contributed by atoms with Crippen LogP contribution in [-0.4, -0.2) is 50.8 Å². The predicted molar refractivity (Wildman–Crippen MR) is 125 cm³/mol. The van der Waals surface area contributed by atoms with Crippen LogP contribution >= 0.6 is 0 Å². The zero-order valence-corrected chi connectivity index (χ0v) is 19.2. The molecule has 33 heavy (non-hydrogen) atoms. The summed E-state index contributed by atoms with van der Waals surface area (Å²) in [6.07, 6.45) is 6.78. The van der Waals surface area contributed by atoms with Gasteiger partial charge in [-0.2, -0.15) is 9.40 Å². The minimum absolute atomic E-state index is 0.0306. The molecule has 1 saturated heterocycles. The molecule has 0 radical (unpaired) electrons. The smallest absolute Gasteiger partial charge is 0.214 e. The topological polar surface area (TPSA) is 83.9 Å². The van der Waals surface area contributed by atoms with E-state index in [0.29, 0.717) is 13.0 Å². The maximum absolute atomic E-state index is 13.1. The number of aromatic nitrogens is 4. The number of halogens is 1. The van der Waals surface area contributed by atoms with Crippen molar-refractivity contribution < 1.29 is 12.8 Å². The second-order valence-corrected chi connectivity index (χ2v) is 10.8. The minimum Gasteiger partial charge on any atom is -0.346 e. The lowest BCUT2D eigenvalue weighted by Crippen LogP contribution is -2.36. The quantitative estimate of drug-likeness (QED) is 0.448.